The van der Waals surface area contributed by atoms with Crippen LogP contribution in [0.2, 0.25) is 0 Å². The predicted octanol–water partition coefficient (Wildman–Crippen LogP) is 2.59. The fourth-order valence-corrected chi connectivity index (χ4v) is 2.82. The lowest BCUT2D eigenvalue weighted by Gasteiger charge is -2.12. The molecule has 0 unspecified atom stereocenters. The Morgan fingerprint density at radius 1 is 1.35 bits per heavy atom. The van der Waals surface area contributed by atoms with Gasteiger partial charge in [0.2, 0.25) is 5.91 Å². The van der Waals surface area contributed by atoms with Gasteiger partial charge in [-0.2, -0.15) is 0 Å². The van der Waals surface area contributed by atoms with Crippen LogP contribution in [0.25, 0.3) is 5.69 Å². The predicted molar refractivity (Wildman–Crippen MR) is 91.3 cm³/mol. The van der Waals surface area contributed by atoms with Crippen LogP contribution in [0.15, 0.2) is 29.4 Å². The number of rotatable bonds is 7. The number of carbonyl (C=O) groups excluding carboxylic acids is 1. The highest BCUT2D eigenvalue weighted by Gasteiger charge is 2.14. The molecule has 1 N–H and O–H groups in total. The van der Waals surface area contributed by atoms with Gasteiger partial charge in [0.25, 0.3) is 0 Å². The maximum absolute atomic E-state index is 11.9. The number of hydrogen-bond acceptors (Lipinski definition) is 5. The summed E-state index contributed by atoms with van der Waals surface area (Å²) in [5, 5.41) is 11.9. The monoisotopic (exact) mass is 334 g/mol. The number of nitrogens with one attached hydrogen (secondary N) is 1. The molecule has 23 heavy (non-hydrogen) atoms. The minimum atomic E-state index is 0.00582. The van der Waals surface area contributed by atoms with Gasteiger partial charge in [0.15, 0.2) is 5.16 Å². The zero-order valence-electron chi connectivity index (χ0n) is 13.9. The molecule has 1 aromatic heterocycles. The Bertz CT molecular complexity index is 655. The molecule has 0 spiro atoms. The number of amides is 1. The van der Waals surface area contributed by atoms with E-state index < -0.39 is 0 Å². The number of carbonyl (C=O) groups is 1. The van der Waals surface area contributed by atoms with Gasteiger partial charge >= 0.3 is 0 Å². The highest BCUT2D eigenvalue weighted by atomic mass is 32.2. The largest absolute Gasteiger partial charge is 0.497 e. The lowest BCUT2D eigenvalue weighted by atomic mass is 10.3. The minimum Gasteiger partial charge on any atom is -0.497 e. The molecule has 1 heterocycles. The van der Waals surface area contributed by atoms with Crippen molar-refractivity contribution in [1.29, 1.82) is 0 Å². The van der Waals surface area contributed by atoms with Crippen LogP contribution in [0.5, 0.6) is 5.75 Å². The number of hydrogen-bond donors (Lipinski definition) is 1. The van der Waals surface area contributed by atoms with Gasteiger partial charge in [0.1, 0.15) is 11.6 Å². The van der Waals surface area contributed by atoms with Crippen LogP contribution in [-0.4, -0.2) is 39.6 Å². The van der Waals surface area contributed by atoms with Crippen molar-refractivity contribution in [2.75, 3.05) is 12.9 Å². The van der Waals surface area contributed by atoms with Crippen LogP contribution in [0.1, 0.15) is 26.1 Å². The molecule has 2 rings (SSSR count). The fourth-order valence-electron chi connectivity index (χ4n) is 2.01. The van der Waals surface area contributed by atoms with Crippen molar-refractivity contribution >= 4 is 17.7 Å². The number of aromatic nitrogens is 3. The first-order chi connectivity index (χ1) is 11.0. The second-order valence-electron chi connectivity index (χ2n) is 5.23. The number of methoxy groups -OCH3 is 1. The maximum Gasteiger partial charge on any atom is 0.230 e. The van der Waals surface area contributed by atoms with Gasteiger partial charge in [-0.05, 0) is 44.5 Å². The molecule has 0 saturated heterocycles. The summed E-state index contributed by atoms with van der Waals surface area (Å²) in [5.41, 5.74) is 0.943. The second-order valence-corrected chi connectivity index (χ2v) is 6.17. The Labute approximate surface area is 140 Å². The lowest BCUT2D eigenvalue weighted by Crippen LogP contribution is -2.33. The molecule has 0 aliphatic rings. The zero-order valence-corrected chi connectivity index (χ0v) is 14.7. The van der Waals surface area contributed by atoms with E-state index in [1.54, 1.807) is 7.11 Å². The number of thioether (sulfide) groups is 1. The van der Waals surface area contributed by atoms with Crippen LogP contribution in [0, 0.1) is 6.92 Å². The molecular weight excluding hydrogens is 312 g/mol. The Balaban J connectivity index is 2.10. The van der Waals surface area contributed by atoms with Crippen LogP contribution in [0.4, 0.5) is 0 Å². The van der Waals surface area contributed by atoms with Gasteiger partial charge in [-0.25, -0.2) is 0 Å². The van der Waals surface area contributed by atoms with Crippen molar-refractivity contribution in [3.8, 4) is 11.4 Å². The molecule has 7 heteroatoms. The number of benzene rings is 1. The quantitative estimate of drug-likeness (QED) is 0.788. The first-order valence-electron chi connectivity index (χ1n) is 7.53. The molecule has 0 radical (unpaired) electrons. The Morgan fingerprint density at radius 3 is 2.65 bits per heavy atom. The smallest absolute Gasteiger partial charge is 0.230 e. The molecule has 0 aliphatic heterocycles. The van der Waals surface area contributed by atoms with E-state index in [0.29, 0.717) is 10.9 Å². The molecule has 1 amide bonds. The summed E-state index contributed by atoms with van der Waals surface area (Å²) in [4.78, 5) is 11.9. The van der Waals surface area contributed by atoms with E-state index in [4.69, 9.17) is 4.74 Å². The normalized spacial score (nSPS) is 12.0. The molecule has 0 bridgehead atoms. The third-order valence-corrected chi connectivity index (χ3v) is 4.41. The van der Waals surface area contributed by atoms with Crippen LogP contribution in [0.3, 0.4) is 0 Å². The summed E-state index contributed by atoms with van der Waals surface area (Å²) < 4.78 is 7.11. The molecule has 124 valence electrons. The maximum atomic E-state index is 11.9. The molecule has 0 fully saturated rings. The van der Waals surface area contributed by atoms with Crippen LogP contribution < -0.4 is 10.1 Å². The third-order valence-electron chi connectivity index (χ3n) is 3.48. The zero-order chi connectivity index (χ0) is 16.8. The fraction of sp³-hybridized carbons (Fsp3) is 0.438. The molecule has 1 atom stereocenters. The first kappa shape index (κ1) is 17.3. The number of aryl methyl sites for hydroxylation is 1. The number of nitrogens with zero attached hydrogens (tertiary/aromatic N) is 3. The van der Waals surface area contributed by atoms with Crippen LogP contribution in [-0.2, 0) is 4.79 Å². The summed E-state index contributed by atoms with van der Waals surface area (Å²) >= 11 is 1.38. The second kappa shape index (κ2) is 8.01. The van der Waals surface area contributed by atoms with E-state index >= 15 is 0 Å². The van der Waals surface area contributed by atoms with E-state index in [-0.39, 0.29) is 11.9 Å². The van der Waals surface area contributed by atoms with Gasteiger partial charge in [-0.3, -0.25) is 9.36 Å². The van der Waals surface area contributed by atoms with Gasteiger partial charge in [0.05, 0.1) is 12.9 Å². The Hall–Kier alpha value is -2.02. The topological polar surface area (TPSA) is 69.0 Å². The van der Waals surface area contributed by atoms with Gasteiger partial charge in [-0.15, -0.1) is 10.2 Å². The van der Waals surface area contributed by atoms with E-state index in [1.807, 2.05) is 49.6 Å². The minimum absolute atomic E-state index is 0.00582. The van der Waals surface area contributed by atoms with Gasteiger partial charge in [0, 0.05) is 11.7 Å². The van der Waals surface area contributed by atoms with E-state index in [9.17, 15) is 4.79 Å². The van der Waals surface area contributed by atoms with Gasteiger partial charge < -0.3 is 10.1 Å². The van der Waals surface area contributed by atoms with Crippen molar-refractivity contribution < 1.29 is 9.53 Å². The Morgan fingerprint density at radius 2 is 2.04 bits per heavy atom. The average Bonchev–Trinajstić information content (AvgIpc) is 2.93. The Kier molecular flexibility index (Phi) is 6.04. The summed E-state index contributed by atoms with van der Waals surface area (Å²) in [6.07, 6.45) is 0.914. The molecule has 6 nitrogen and oxygen atoms in total. The van der Waals surface area contributed by atoms with Gasteiger partial charge in [-0.1, -0.05) is 18.7 Å². The molecular formula is C16H22N4O2S. The number of ether oxygens (including phenoxy) is 1. The molecule has 0 aliphatic carbocycles. The summed E-state index contributed by atoms with van der Waals surface area (Å²) in [6, 6.07) is 7.85. The summed E-state index contributed by atoms with van der Waals surface area (Å²) in [5.74, 6) is 1.89. The molecule has 0 saturated carbocycles. The lowest BCUT2D eigenvalue weighted by molar-refractivity contribution is -0.119. The standard InChI is InChI=1S/C16H22N4O2S/c1-5-11(2)17-15(21)10-23-16-19-18-12(3)20(16)13-6-8-14(22-4)9-7-13/h6-9,11H,5,10H2,1-4H3,(H,17,21)/t11-/m1/s1. The van der Waals surface area contributed by atoms with E-state index in [0.717, 1.165) is 23.7 Å². The first-order valence-corrected chi connectivity index (χ1v) is 8.52. The van der Waals surface area contributed by atoms with Crippen molar-refractivity contribution in [3.63, 3.8) is 0 Å². The molecule has 2 aromatic rings. The van der Waals surface area contributed by atoms with Crippen LogP contribution >= 0.6 is 11.8 Å². The average molecular weight is 334 g/mol. The van der Waals surface area contributed by atoms with E-state index in [2.05, 4.69) is 15.5 Å². The highest BCUT2D eigenvalue weighted by Crippen LogP contribution is 2.23. The van der Waals surface area contributed by atoms with E-state index in [1.165, 1.54) is 11.8 Å². The third kappa shape index (κ3) is 4.48. The van der Waals surface area contributed by atoms with Crippen molar-refractivity contribution in [2.45, 2.75) is 38.4 Å². The highest BCUT2D eigenvalue weighted by molar-refractivity contribution is 7.99. The molecule has 1 aromatic carbocycles. The summed E-state index contributed by atoms with van der Waals surface area (Å²) in [7, 11) is 1.64. The summed E-state index contributed by atoms with van der Waals surface area (Å²) in [6.45, 7) is 5.93. The van der Waals surface area contributed by atoms with Crippen molar-refractivity contribution in [1.82, 2.24) is 20.1 Å². The van der Waals surface area contributed by atoms with Crippen molar-refractivity contribution in [3.05, 3.63) is 30.1 Å². The van der Waals surface area contributed by atoms with Crippen molar-refractivity contribution in [2.24, 2.45) is 0 Å². The SMILES string of the molecule is CC[C@@H](C)NC(=O)CSc1nnc(C)n1-c1ccc(OC)cc1.